The van der Waals surface area contributed by atoms with Crippen LogP contribution in [0.3, 0.4) is 0 Å². The highest BCUT2D eigenvalue weighted by Crippen LogP contribution is 2.39. The SMILES string of the molecule is Cc1ccc(S(=O)(=O)N2CCOC23CCN(S(=O)(=O)c2ccc(S(C)(=O)=O)cc2)CC3)cc1. The summed E-state index contributed by atoms with van der Waals surface area (Å²) in [6, 6.07) is 11.7. The van der Waals surface area contributed by atoms with E-state index in [0.717, 1.165) is 11.8 Å². The maximum absolute atomic E-state index is 13.3. The van der Waals surface area contributed by atoms with E-state index >= 15 is 0 Å². The zero-order valence-electron chi connectivity index (χ0n) is 18.3. The first-order valence-electron chi connectivity index (χ1n) is 10.4. The molecule has 2 heterocycles. The Morgan fingerprint density at radius 1 is 0.727 bits per heavy atom. The normalized spacial score (nSPS) is 20.3. The van der Waals surface area contributed by atoms with Gasteiger partial charge in [0.1, 0.15) is 5.72 Å². The van der Waals surface area contributed by atoms with Crippen LogP contribution in [0.5, 0.6) is 0 Å². The molecule has 0 saturated carbocycles. The number of benzene rings is 2. The number of nitrogens with zero attached hydrogens (tertiary/aromatic N) is 2. The molecule has 0 unspecified atom stereocenters. The van der Waals surface area contributed by atoms with Gasteiger partial charge in [0, 0.05) is 38.7 Å². The van der Waals surface area contributed by atoms with Crippen LogP contribution in [0.2, 0.25) is 0 Å². The summed E-state index contributed by atoms with van der Waals surface area (Å²) in [5, 5.41) is 0. The lowest BCUT2D eigenvalue weighted by Crippen LogP contribution is -2.55. The quantitative estimate of drug-likeness (QED) is 0.595. The molecule has 33 heavy (non-hydrogen) atoms. The van der Waals surface area contributed by atoms with Gasteiger partial charge in [-0.25, -0.2) is 25.3 Å². The number of aryl methyl sites for hydroxylation is 1. The second kappa shape index (κ2) is 8.43. The van der Waals surface area contributed by atoms with Gasteiger partial charge in [-0.15, -0.1) is 0 Å². The second-order valence-electron chi connectivity index (χ2n) is 8.33. The molecule has 2 aromatic rings. The fourth-order valence-corrected chi connectivity index (χ4v) is 8.04. The van der Waals surface area contributed by atoms with Crippen molar-refractivity contribution in [3.05, 3.63) is 54.1 Å². The molecule has 0 N–H and O–H groups in total. The summed E-state index contributed by atoms with van der Waals surface area (Å²) in [5.74, 6) is 0. The molecule has 0 radical (unpaired) electrons. The maximum Gasteiger partial charge on any atom is 0.245 e. The summed E-state index contributed by atoms with van der Waals surface area (Å²) in [6.45, 7) is 2.48. The van der Waals surface area contributed by atoms with Gasteiger partial charge in [-0.2, -0.15) is 8.61 Å². The molecular weight excluding hydrogens is 488 g/mol. The first-order chi connectivity index (χ1) is 15.4. The first-order valence-corrected chi connectivity index (χ1v) is 15.2. The van der Waals surface area contributed by atoms with Gasteiger partial charge in [-0.3, -0.25) is 0 Å². The average Bonchev–Trinajstić information content (AvgIpc) is 3.17. The van der Waals surface area contributed by atoms with E-state index in [0.29, 0.717) is 0 Å². The van der Waals surface area contributed by atoms with Gasteiger partial charge in [0.25, 0.3) is 0 Å². The Bertz CT molecular complexity index is 1340. The van der Waals surface area contributed by atoms with Gasteiger partial charge in [0.15, 0.2) is 9.84 Å². The summed E-state index contributed by atoms with van der Waals surface area (Å²) in [4.78, 5) is 0.205. The van der Waals surface area contributed by atoms with Crippen molar-refractivity contribution in [1.29, 1.82) is 0 Å². The summed E-state index contributed by atoms with van der Waals surface area (Å²) < 4.78 is 84.6. The summed E-state index contributed by atoms with van der Waals surface area (Å²) in [7, 11) is -11.1. The Balaban J connectivity index is 1.54. The number of ether oxygens (including phenoxy) is 1. The zero-order valence-corrected chi connectivity index (χ0v) is 20.8. The highest BCUT2D eigenvalue weighted by molar-refractivity contribution is 7.91. The van der Waals surface area contributed by atoms with Crippen LogP contribution in [0.4, 0.5) is 0 Å². The molecule has 2 aliphatic rings. The minimum atomic E-state index is -3.87. The Kier molecular flexibility index (Phi) is 6.21. The van der Waals surface area contributed by atoms with Gasteiger partial charge in [-0.1, -0.05) is 17.7 Å². The molecule has 12 heteroatoms. The van der Waals surface area contributed by atoms with Crippen molar-refractivity contribution in [3.63, 3.8) is 0 Å². The van der Waals surface area contributed by atoms with Crippen LogP contribution in [0.15, 0.2) is 63.2 Å². The Hall–Kier alpha value is -1.83. The first kappa shape index (κ1) is 24.3. The van der Waals surface area contributed by atoms with Crippen LogP contribution in [-0.2, 0) is 34.6 Å². The highest BCUT2D eigenvalue weighted by atomic mass is 32.2. The summed E-state index contributed by atoms with van der Waals surface area (Å²) in [5.41, 5.74) is -0.139. The molecule has 2 aromatic carbocycles. The Labute approximate surface area is 195 Å². The third-order valence-corrected chi connectivity index (χ3v) is 11.1. The number of hydrogen-bond acceptors (Lipinski definition) is 7. The number of sulfonamides is 2. The van der Waals surface area contributed by atoms with E-state index in [4.69, 9.17) is 4.74 Å². The lowest BCUT2D eigenvalue weighted by Gasteiger charge is -2.42. The highest BCUT2D eigenvalue weighted by Gasteiger charge is 2.51. The van der Waals surface area contributed by atoms with Gasteiger partial charge < -0.3 is 4.74 Å². The van der Waals surface area contributed by atoms with Gasteiger partial charge in [0.05, 0.1) is 21.3 Å². The summed E-state index contributed by atoms with van der Waals surface area (Å²) in [6.07, 6.45) is 1.44. The molecule has 0 atom stereocenters. The van der Waals surface area contributed by atoms with E-state index < -0.39 is 35.6 Å². The zero-order chi connectivity index (χ0) is 24.1. The fourth-order valence-electron chi connectivity index (χ4n) is 4.25. The molecule has 0 bridgehead atoms. The number of hydrogen-bond donors (Lipinski definition) is 0. The minimum Gasteiger partial charge on any atom is -0.358 e. The van der Waals surface area contributed by atoms with Gasteiger partial charge >= 0.3 is 0 Å². The van der Waals surface area contributed by atoms with Crippen LogP contribution in [0.1, 0.15) is 18.4 Å². The third kappa shape index (κ3) is 4.47. The second-order valence-corrected chi connectivity index (χ2v) is 14.1. The smallest absolute Gasteiger partial charge is 0.245 e. The van der Waals surface area contributed by atoms with Crippen LogP contribution in [0, 0.1) is 6.92 Å². The van der Waals surface area contributed by atoms with E-state index in [-0.39, 0.29) is 53.8 Å². The Morgan fingerprint density at radius 3 is 1.76 bits per heavy atom. The van der Waals surface area contributed by atoms with Crippen molar-refractivity contribution in [2.24, 2.45) is 0 Å². The van der Waals surface area contributed by atoms with E-state index in [9.17, 15) is 25.3 Å². The molecule has 4 rings (SSSR count). The van der Waals surface area contributed by atoms with Crippen LogP contribution in [-0.4, -0.2) is 72.1 Å². The van der Waals surface area contributed by atoms with Crippen LogP contribution >= 0.6 is 0 Å². The van der Waals surface area contributed by atoms with E-state index in [1.165, 1.54) is 32.9 Å². The lowest BCUT2D eigenvalue weighted by molar-refractivity contribution is -0.0806. The lowest BCUT2D eigenvalue weighted by atomic mass is 10.0. The largest absolute Gasteiger partial charge is 0.358 e. The van der Waals surface area contributed by atoms with E-state index in [1.807, 2.05) is 6.92 Å². The molecule has 0 amide bonds. The maximum atomic E-state index is 13.3. The Morgan fingerprint density at radius 2 is 1.21 bits per heavy atom. The standard InChI is InChI=1S/C21H26N2O7S3/c1-17-3-5-20(6-4-17)33(28,29)23-15-16-30-21(23)11-13-22(14-12-21)32(26,27)19-9-7-18(8-10-19)31(2,24)25/h3-10H,11-16H2,1-2H3. The number of sulfone groups is 1. The monoisotopic (exact) mass is 514 g/mol. The molecule has 0 aliphatic carbocycles. The number of rotatable bonds is 5. The number of piperidine rings is 1. The van der Waals surface area contributed by atoms with Crippen LogP contribution < -0.4 is 0 Å². The molecule has 2 fully saturated rings. The van der Waals surface area contributed by atoms with E-state index in [2.05, 4.69) is 0 Å². The van der Waals surface area contributed by atoms with Crippen molar-refractivity contribution >= 4 is 29.9 Å². The van der Waals surface area contributed by atoms with Crippen molar-refractivity contribution in [1.82, 2.24) is 8.61 Å². The van der Waals surface area contributed by atoms with E-state index in [1.54, 1.807) is 24.3 Å². The predicted molar refractivity (Wildman–Crippen MR) is 121 cm³/mol. The molecule has 1 spiro atoms. The fraction of sp³-hybridized carbons (Fsp3) is 0.429. The predicted octanol–water partition coefficient (Wildman–Crippen LogP) is 1.60. The van der Waals surface area contributed by atoms with Crippen molar-refractivity contribution in [2.45, 2.75) is 40.2 Å². The van der Waals surface area contributed by atoms with Crippen molar-refractivity contribution in [3.8, 4) is 0 Å². The molecule has 0 aromatic heterocycles. The molecule has 180 valence electrons. The summed E-state index contributed by atoms with van der Waals surface area (Å²) >= 11 is 0. The molecular formula is C21H26N2O7S3. The topological polar surface area (TPSA) is 118 Å². The van der Waals surface area contributed by atoms with Crippen molar-refractivity contribution < 1.29 is 30.0 Å². The van der Waals surface area contributed by atoms with Gasteiger partial charge in [0.2, 0.25) is 20.0 Å². The van der Waals surface area contributed by atoms with Gasteiger partial charge in [-0.05, 0) is 43.3 Å². The third-order valence-electron chi connectivity index (χ3n) is 6.12. The molecule has 9 nitrogen and oxygen atoms in total. The van der Waals surface area contributed by atoms with Crippen LogP contribution in [0.25, 0.3) is 0 Å². The van der Waals surface area contributed by atoms with Crippen molar-refractivity contribution in [2.75, 3.05) is 32.5 Å². The molecule has 2 saturated heterocycles. The molecule has 2 aliphatic heterocycles. The average molecular weight is 515 g/mol. The minimum absolute atomic E-state index is 0.0117.